The fourth-order valence-electron chi connectivity index (χ4n) is 2.40. The highest BCUT2D eigenvalue weighted by Crippen LogP contribution is 2.29. The van der Waals surface area contributed by atoms with Gasteiger partial charge >= 0.3 is 0 Å². The number of aromatic nitrogens is 1. The Bertz CT molecular complexity index is 547. The van der Waals surface area contributed by atoms with E-state index in [4.69, 9.17) is 4.42 Å². The monoisotopic (exact) mass is 305 g/mol. The van der Waals surface area contributed by atoms with Gasteiger partial charge in [0, 0.05) is 18.5 Å². The number of rotatable bonds is 8. The van der Waals surface area contributed by atoms with Crippen molar-refractivity contribution in [2.45, 2.75) is 70.5 Å². The van der Waals surface area contributed by atoms with Crippen LogP contribution in [0.4, 0.5) is 0 Å². The van der Waals surface area contributed by atoms with Gasteiger partial charge in [-0.3, -0.25) is 9.59 Å². The summed E-state index contributed by atoms with van der Waals surface area (Å²) in [6.07, 6.45) is 8.05. The number of unbranched alkanes of at least 4 members (excludes halogenated alkanes) is 1. The molecule has 120 valence electrons. The maximum Gasteiger partial charge on any atom is 0.273 e. The Labute approximate surface area is 130 Å². The number of oxazole rings is 1. The Morgan fingerprint density at radius 3 is 2.77 bits per heavy atom. The van der Waals surface area contributed by atoms with E-state index in [0.29, 0.717) is 36.6 Å². The number of hydrogen-bond acceptors (Lipinski definition) is 4. The van der Waals surface area contributed by atoms with Crippen LogP contribution in [0.1, 0.15) is 68.2 Å². The second-order valence-corrected chi connectivity index (χ2v) is 6.23. The number of hydrogen-bond donors (Lipinski definition) is 1. The van der Waals surface area contributed by atoms with Crippen molar-refractivity contribution in [1.29, 1.82) is 0 Å². The van der Waals surface area contributed by atoms with Gasteiger partial charge in [-0.1, -0.05) is 13.3 Å². The van der Waals surface area contributed by atoms with Gasteiger partial charge in [0.05, 0.1) is 6.54 Å². The maximum absolute atomic E-state index is 12.3. The molecule has 0 atom stereocenters. The number of nitrogens with one attached hydrogen (secondary N) is 1. The van der Waals surface area contributed by atoms with E-state index in [1.807, 2.05) is 4.90 Å². The molecule has 0 unspecified atom stereocenters. The molecule has 2 aliphatic rings. The van der Waals surface area contributed by atoms with Crippen molar-refractivity contribution in [3.05, 3.63) is 17.8 Å². The smallest absolute Gasteiger partial charge is 0.273 e. The zero-order valence-corrected chi connectivity index (χ0v) is 13.0. The summed E-state index contributed by atoms with van der Waals surface area (Å²) in [6, 6.07) is 0.617. The highest BCUT2D eigenvalue weighted by atomic mass is 16.3. The van der Waals surface area contributed by atoms with Crippen molar-refractivity contribution >= 4 is 11.8 Å². The van der Waals surface area contributed by atoms with Crippen LogP contribution >= 0.6 is 0 Å². The predicted octanol–water partition coefficient (Wildman–Crippen LogP) is 2.25. The molecule has 2 saturated carbocycles. The third-order valence-electron chi connectivity index (χ3n) is 4.05. The Balaban J connectivity index is 1.59. The Morgan fingerprint density at radius 1 is 1.36 bits per heavy atom. The summed E-state index contributed by atoms with van der Waals surface area (Å²) in [4.78, 5) is 30.2. The maximum atomic E-state index is 12.3. The fourth-order valence-corrected chi connectivity index (χ4v) is 2.40. The quantitative estimate of drug-likeness (QED) is 0.799. The summed E-state index contributed by atoms with van der Waals surface area (Å²) < 4.78 is 5.38. The van der Waals surface area contributed by atoms with E-state index in [9.17, 15) is 9.59 Å². The van der Waals surface area contributed by atoms with Gasteiger partial charge in [-0.05, 0) is 32.1 Å². The molecule has 0 bridgehead atoms. The molecule has 6 heteroatoms. The summed E-state index contributed by atoms with van der Waals surface area (Å²) in [7, 11) is 0. The van der Waals surface area contributed by atoms with E-state index in [1.54, 1.807) is 0 Å². The van der Waals surface area contributed by atoms with Crippen molar-refractivity contribution in [3.63, 3.8) is 0 Å². The third-order valence-corrected chi connectivity index (χ3v) is 4.05. The lowest BCUT2D eigenvalue weighted by Crippen LogP contribution is -2.32. The van der Waals surface area contributed by atoms with Crippen molar-refractivity contribution in [2.24, 2.45) is 0 Å². The second kappa shape index (κ2) is 6.50. The zero-order valence-electron chi connectivity index (χ0n) is 13.0. The molecule has 1 N–H and O–H groups in total. The number of nitrogens with zero attached hydrogens (tertiary/aromatic N) is 2. The van der Waals surface area contributed by atoms with Crippen LogP contribution in [0.5, 0.6) is 0 Å². The average molecular weight is 305 g/mol. The van der Waals surface area contributed by atoms with Gasteiger partial charge in [-0.2, -0.15) is 0 Å². The van der Waals surface area contributed by atoms with Crippen LogP contribution < -0.4 is 5.32 Å². The topological polar surface area (TPSA) is 75.4 Å². The predicted molar refractivity (Wildman–Crippen MR) is 80.1 cm³/mol. The third kappa shape index (κ3) is 3.87. The van der Waals surface area contributed by atoms with Crippen molar-refractivity contribution < 1.29 is 14.0 Å². The molecule has 3 rings (SSSR count). The molecular weight excluding hydrogens is 282 g/mol. The van der Waals surface area contributed by atoms with Crippen LogP contribution in [-0.4, -0.2) is 33.8 Å². The average Bonchev–Trinajstić information content (AvgIpc) is 3.43. The largest absolute Gasteiger partial charge is 0.446 e. The van der Waals surface area contributed by atoms with E-state index in [0.717, 1.165) is 38.5 Å². The second-order valence-electron chi connectivity index (χ2n) is 6.23. The van der Waals surface area contributed by atoms with Crippen LogP contribution in [0, 0.1) is 0 Å². The van der Waals surface area contributed by atoms with E-state index in [1.165, 1.54) is 6.26 Å². The summed E-state index contributed by atoms with van der Waals surface area (Å²) in [5.41, 5.74) is 0.304. The van der Waals surface area contributed by atoms with E-state index in [-0.39, 0.29) is 11.8 Å². The van der Waals surface area contributed by atoms with E-state index < -0.39 is 0 Å². The standard InChI is InChI=1S/C16H23N3O3/c1-2-3-4-15(20)19(12-7-8-12)9-14-18-13(10-22-14)16(21)17-11-5-6-11/h10-12H,2-9H2,1H3,(H,17,21). The molecule has 1 heterocycles. The minimum absolute atomic E-state index is 0.159. The Hall–Kier alpha value is -1.85. The van der Waals surface area contributed by atoms with Crippen LogP contribution in [-0.2, 0) is 11.3 Å². The molecule has 0 radical (unpaired) electrons. The van der Waals surface area contributed by atoms with Crippen molar-refractivity contribution in [2.75, 3.05) is 0 Å². The highest BCUT2D eigenvalue weighted by Gasteiger charge is 2.33. The molecule has 0 aromatic carbocycles. The molecule has 0 spiro atoms. The lowest BCUT2D eigenvalue weighted by atomic mass is 10.2. The minimum atomic E-state index is -0.187. The van der Waals surface area contributed by atoms with Crippen molar-refractivity contribution in [3.8, 4) is 0 Å². The normalized spacial score (nSPS) is 17.3. The number of carbonyl (C=O) groups is 2. The summed E-state index contributed by atoms with van der Waals surface area (Å²) in [5.74, 6) is 0.414. The fraction of sp³-hybridized carbons (Fsp3) is 0.688. The first-order valence-corrected chi connectivity index (χ1v) is 8.22. The van der Waals surface area contributed by atoms with E-state index >= 15 is 0 Å². The SMILES string of the molecule is CCCCC(=O)N(Cc1nc(C(=O)NC2CC2)co1)C1CC1. The van der Waals surface area contributed by atoms with Gasteiger partial charge < -0.3 is 14.6 Å². The number of carbonyl (C=O) groups excluding carboxylic acids is 2. The lowest BCUT2D eigenvalue weighted by molar-refractivity contribution is -0.132. The molecule has 6 nitrogen and oxygen atoms in total. The van der Waals surface area contributed by atoms with Gasteiger partial charge in [-0.15, -0.1) is 0 Å². The Morgan fingerprint density at radius 2 is 2.14 bits per heavy atom. The minimum Gasteiger partial charge on any atom is -0.446 e. The lowest BCUT2D eigenvalue weighted by Gasteiger charge is -2.20. The number of amides is 2. The van der Waals surface area contributed by atoms with Gasteiger partial charge in [0.1, 0.15) is 6.26 Å². The molecule has 1 aromatic rings. The molecular formula is C16H23N3O3. The van der Waals surface area contributed by atoms with E-state index in [2.05, 4.69) is 17.2 Å². The summed E-state index contributed by atoms with van der Waals surface area (Å²) in [6.45, 7) is 2.44. The molecule has 1 aromatic heterocycles. The Kier molecular flexibility index (Phi) is 4.45. The van der Waals surface area contributed by atoms with Gasteiger partial charge in [0.2, 0.25) is 11.8 Å². The van der Waals surface area contributed by atoms with Crippen LogP contribution in [0.15, 0.2) is 10.7 Å². The molecule has 0 aliphatic heterocycles. The molecule has 2 fully saturated rings. The van der Waals surface area contributed by atoms with Gasteiger partial charge in [0.25, 0.3) is 5.91 Å². The summed E-state index contributed by atoms with van der Waals surface area (Å²) in [5, 5.41) is 2.88. The molecule has 2 aliphatic carbocycles. The first-order valence-electron chi connectivity index (χ1n) is 8.22. The highest BCUT2D eigenvalue weighted by molar-refractivity contribution is 5.92. The first-order chi connectivity index (χ1) is 10.7. The van der Waals surface area contributed by atoms with Crippen LogP contribution in [0.25, 0.3) is 0 Å². The summed E-state index contributed by atoms with van der Waals surface area (Å²) >= 11 is 0. The van der Waals surface area contributed by atoms with Crippen LogP contribution in [0.3, 0.4) is 0 Å². The molecule has 0 saturated heterocycles. The molecule has 2 amide bonds. The zero-order chi connectivity index (χ0) is 15.5. The van der Waals surface area contributed by atoms with Crippen LogP contribution in [0.2, 0.25) is 0 Å². The van der Waals surface area contributed by atoms with Gasteiger partial charge in [0.15, 0.2) is 5.69 Å². The first kappa shape index (κ1) is 15.1. The molecule has 22 heavy (non-hydrogen) atoms. The van der Waals surface area contributed by atoms with Gasteiger partial charge in [-0.25, -0.2) is 4.98 Å². The van der Waals surface area contributed by atoms with Crippen molar-refractivity contribution in [1.82, 2.24) is 15.2 Å².